The zero-order chi connectivity index (χ0) is 14.1. The summed E-state index contributed by atoms with van der Waals surface area (Å²) in [6.07, 6.45) is 0.617. The Labute approximate surface area is 119 Å². The number of hydrogen-bond acceptors (Lipinski definition) is 5. The van der Waals surface area contributed by atoms with E-state index in [1.807, 2.05) is 6.92 Å². The Hall–Kier alpha value is -2.02. The molecule has 2 heterocycles. The van der Waals surface area contributed by atoms with Crippen LogP contribution in [0.15, 0.2) is 18.2 Å². The predicted molar refractivity (Wildman–Crippen MR) is 72.9 cm³/mol. The van der Waals surface area contributed by atoms with E-state index >= 15 is 0 Å². The summed E-state index contributed by atoms with van der Waals surface area (Å²) >= 11 is 1.04. The molecule has 0 aliphatic carbocycles. The first-order chi connectivity index (χ1) is 9.72. The molecule has 0 atom stereocenters. The van der Waals surface area contributed by atoms with E-state index in [0.717, 1.165) is 11.5 Å². The van der Waals surface area contributed by atoms with E-state index in [9.17, 15) is 9.18 Å². The predicted octanol–water partition coefficient (Wildman–Crippen LogP) is 2.28. The highest BCUT2D eigenvalue weighted by atomic mass is 32.1. The summed E-state index contributed by atoms with van der Waals surface area (Å²) in [5.41, 5.74) is 0.837. The second kappa shape index (κ2) is 5.16. The van der Waals surface area contributed by atoms with Crippen LogP contribution in [0, 0.1) is 5.82 Å². The summed E-state index contributed by atoms with van der Waals surface area (Å²) in [4.78, 5) is 14.5. The zero-order valence-electron chi connectivity index (χ0n) is 10.8. The molecule has 7 heteroatoms. The highest BCUT2D eigenvalue weighted by molar-refractivity contribution is 7.08. The summed E-state index contributed by atoms with van der Waals surface area (Å²) in [5.74, 6) is -0.349. The summed E-state index contributed by atoms with van der Waals surface area (Å²) < 4.78 is 23.2. The number of aryl methyl sites for hydroxylation is 1. The van der Waals surface area contributed by atoms with Crippen molar-refractivity contribution in [2.24, 2.45) is 0 Å². The molecular formula is C13H12FN3O2S. The molecule has 1 aromatic carbocycles. The SMILES string of the molecule is CCc1nnsc1C(=O)N1CCOc2cccc(F)c21. The van der Waals surface area contributed by atoms with Crippen molar-refractivity contribution in [2.75, 3.05) is 18.1 Å². The second-order valence-corrected chi connectivity index (χ2v) is 5.05. The molecule has 0 radical (unpaired) electrons. The zero-order valence-corrected chi connectivity index (χ0v) is 11.6. The highest BCUT2D eigenvalue weighted by Gasteiger charge is 2.30. The molecule has 0 unspecified atom stereocenters. The van der Waals surface area contributed by atoms with Crippen molar-refractivity contribution in [2.45, 2.75) is 13.3 Å². The molecule has 1 aliphatic rings. The molecule has 3 rings (SSSR count). The number of rotatable bonds is 2. The van der Waals surface area contributed by atoms with Crippen LogP contribution in [0.3, 0.4) is 0 Å². The van der Waals surface area contributed by atoms with E-state index in [0.29, 0.717) is 35.9 Å². The van der Waals surface area contributed by atoms with Gasteiger partial charge in [-0.15, -0.1) is 5.10 Å². The molecule has 20 heavy (non-hydrogen) atoms. The first-order valence-electron chi connectivity index (χ1n) is 6.26. The van der Waals surface area contributed by atoms with Crippen molar-refractivity contribution < 1.29 is 13.9 Å². The summed E-state index contributed by atoms with van der Waals surface area (Å²) in [6.45, 7) is 2.56. The van der Waals surface area contributed by atoms with Crippen LogP contribution in [0.4, 0.5) is 10.1 Å². The van der Waals surface area contributed by atoms with E-state index < -0.39 is 5.82 Å². The standard InChI is InChI=1S/C13H12FN3O2S/c1-2-9-12(20-16-15-9)13(18)17-6-7-19-10-5-3-4-8(14)11(10)17/h3-5H,2,6-7H2,1H3. The number of hydrogen-bond donors (Lipinski definition) is 0. The molecule has 0 bridgehead atoms. The van der Waals surface area contributed by atoms with Gasteiger partial charge in [0.05, 0.1) is 12.2 Å². The minimum Gasteiger partial charge on any atom is -0.489 e. The maximum Gasteiger partial charge on any atom is 0.272 e. The minimum atomic E-state index is -0.467. The number of amides is 1. The van der Waals surface area contributed by atoms with Crippen molar-refractivity contribution in [1.29, 1.82) is 0 Å². The van der Waals surface area contributed by atoms with Crippen LogP contribution in [0.2, 0.25) is 0 Å². The minimum absolute atomic E-state index is 0.194. The fourth-order valence-electron chi connectivity index (χ4n) is 2.16. The van der Waals surface area contributed by atoms with Gasteiger partial charge in [0.25, 0.3) is 5.91 Å². The van der Waals surface area contributed by atoms with Gasteiger partial charge in [0.15, 0.2) is 5.82 Å². The smallest absolute Gasteiger partial charge is 0.272 e. The van der Waals surface area contributed by atoms with Crippen molar-refractivity contribution in [1.82, 2.24) is 9.59 Å². The van der Waals surface area contributed by atoms with Gasteiger partial charge in [-0.2, -0.15) is 0 Å². The number of para-hydroxylation sites is 1. The lowest BCUT2D eigenvalue weighted by molar-refractivity contribution is 0.0978. The van der Waals surface area contributed by atoms with E-state index in [1.165, 1.54) is 11.0 Å². The average Bonchev–Trinajstić information content (AvgIpc) is 2.94. The number of benzene rings is 1. The first-order valence-corrected chi connectivity index (χ1v) is 7.04. The molecular weight excluding hydrogens is 281 g/mol. The number of carbonyl (C=O) groups is 1. The second-order valence-electron chi connectivity index (χ2n) is 4.29. The molecule has 5 nitrogen and oxygen atoms in total. The third kappa shape index (κ3) is 2.03. The summed E-state index contributed by atoms with van der Waals surface area (Å²) in [7, 11) is 0. The Balaban J connectivity index is 2.03. The molecule has 1 aliphatic heterocycles. The average molecular weight is 293 g/mol. The maximum atomic E-state index is 14.0. The van der Waals surface area contributed by atoms with Crippen molar-refractivity contribution in [3.63, 3.8) is 0 Å². The quantitative estimate of drug-likeness (QED) is 0.852. The van der Waals surface area contributed by atoms with E-state index in [2.05, 4.69) is 9.59 Å². The van der Waals surface area contributed by atoms with Gasteiger partial charge < -0.3 is 4.74 Å². The van der Waals surface area contributed by atoms with Crippen LogP contribution in [0.25, 0.3) is 0 Å². The topological polar surface area (TPSA) is 55.3 Å². The van der Waals surface area contributed by atoms with E-state index in [1.54, 1.807) is 12.1 Å². The van der Waals surface area contributed by atoms with Gasteiger partial charge in [-0.05, 0) is 30.1 Å². The third-order valence-electron chi connectivity index (χ3n) is 3.12. The van der Waals surface area contributed by atoms with Crippen LogP contribution >= 0.6 is 11.5 Å². The summed E-state index contributed by atoms with van der Waals surface area (Å²) in [6, 6.07) is 4.54. The molecule has 0 N–H and O–H groups in total. The van der Waals surface area contributed by atoms with Crippen LogP contribution < -0.4 is 9.64 Å². The third-order valence-corrected chi connectivity index (χ3v) is 3.88. The molecule has 0 spiro atoms. The van der Waals surface area contributed by atoms with Crippen LogP contribution in [-0.4, -0.2) is 28.6 Å². The molecule has 0 fully saturated rings. The number of fused-ring (bicyclic) bond motifs is 1. The van der Waals surface area contributed by atoms with Gasteiger partial charge in [0, 0.05) is 0 Å². The number of aromatic nitrogens is 2. The van der Waals surface area contributed by atoms with Gasteiger partial charge in [-0.3, -0.25) is 9.69 Å². The van der Waals surface area contributed by atoms with E-state index in [4.69, 9.17) is 4.74 Å². The Kier molecular flexibility index (Phi) is 3.35. The highest BCUT2D eigenvalue weighted by Crippen LogP contribution is 2.35. The monoisotopic (exact) mass is 293 g/mol. The van der Waals surface area contributed by atoms with E-state index in [-0.39, 0.29) is 11.6 Å². The lowest BCUT2D eigenvalue weighted by Crippen LogP contribution is -2.38. The van der Waals surface area contributed by atoms with Gasteiger partial charge in [-0.1, -0.05) is 17.5 Å². The lowest BCUT2D eigenvalue weighted by atomic mass is 10.2. The van der Waals surface area contributed by atoms with Crippen LogP contribution in [0.1, 0.15) is 22.3 Å². The Morgan fingerprint density at radius 1 is 1.55 bits per heavy atom. The number of anilines is 1. The van der Waals surface area contributed by atoms with Crippen LogP contribution in [-0.2, 0) is 6.42 Å². The fourth-order valence-corrected chi connectivity index (χ4v) is 2.86. The molecule has 1 aromatic heterocycles. The van der Waals surface area contributed by atoms with Gasteiger partial charge in [0.2, 0.25) is 0 Å². The van der Waals surface area contributed by atoms with Crippen LogP contribution in [0.5, 0.6) is 5.75 Å². The molecule has 0 saturated heterocycles. The molecule has 2 aromatic rings. The van der Waals surface area contributed by atoms with Gasteiger partial charge in [-0.25, -0.2) is 4.39 Å². The van der Waals surface area contributed by atoms with Gasteiger partial charge >= 0.3 is 0 Å². The fraction of sp³-hybridized carbons (Fsp3) is 0.308. The summed E-state index contributed by atoms with van der Waals surface area (Å²) in [5, 5.41) is 3.93. The Morgan fingerprint density at radius 3 is 3.20 bits per heavy atom. The normalized spacial score (nSPS) is 13.8. The largest absolute Gasteiger partial charge is 0.489 e. The molecule has 104 valence electrons. The van der Waals surface area contributed by atoms with Crippen molar-refractivity contribution in [3.8, 4) is 5.75 Å². The Bertz CT molecular complexity index is 659. The Morgan fingerprint density at radius 2 is 2.40 bits per heavy atom. The lowest BCUT2D eigenvalue weighted by Gasteiger charge is -2.29. The van der Waals surface area contributed by atoms with Gasteiger partial charge in [0.1, 0.15) is 22.9 Å². The number of halogens is 1. The number of nitrogens with zero attached hydrogens (tertiary/aromatic N) is 3. The number of carbonyl (C=O) groups excluding carboxylic acids is 1. The van der Waals surface area contributed by atoms with Crippen molar-refractivity contribution in [3.05, 3.63) is 34.6 Å². The first kappa shape index (κ1) is 13.0. The number of ether oxygens (including phenoxy) is 1. The molecule has 1 amide bonds. The van der Waals surface area contributed by atoms with Crippen molar-refractivity contribution >= 4 is 23.1 Å². The molecule has 0 saturated carbocycles. The maximum absolute atomic E-state index is 14.0.